The normalized spacial score (nSPS) is 10.8. The van der Waals surface area contributed by atoms with Crippen LogP contribution in [0.3, 0.4) is 0 Å². The van der Waals surface area contributed by atoms with E-state index in [0.717, 1.165) is 0 Å². The first kappa shape index (κ1) is 11.4. The lowest BCUT2D eigenvalue weighted by Gasteiger charge is -2.15. The van der Waals surface area contributed by atoms with Gasteiger partial charge in [-0.25, -0.2) is 8.78 Å². The quantitative estimate of drug-likeness (QED) is 0.794. The van der Waals surface area contributed by atoms with Gasteiger partial charge in [-0.05, 0) is 18.2 Å². The summed E-state index contributed by atoms with van der Waals surface area (Å²) in [5, 5.41) is 11.1. The molecule has 0 saturated heterocycles. The smallest absolute Gasteiger partial charge is 0.276 e. The number of hydrogen-bond acceptors (Lipinski definition) is 3. The molecule has 0 spiro atoms. The molecule has 0 aliphatic rings. The van der Waals surface area contributed by atoms with Crippen LogP contribution in [0, 0.1) is 11.3 Å². The number of alkyl halides is 2. The van der Waals surface area contributed by atoms with Crippen LogP contribution in [0.25, 0.3) is 0 Å². The predicted octanol–water partition coefficient (Wildman–Crippen LogP) is 1.56. The monoisotopic (exact) mass is 211 g/mol. The van der Waals surface area contributed by atoms with E-state index in [1.54, 1.807) is 18.2 Å². The molecule has 15 heavy (non-hydrogen) atoms. The van der Waals surface area contributed by atoms with E-state index in [4.69, 9.17) is 11.0 Å². The Morgan fingerprint density at radius 2 is 2.20 bits per heavy atom. The van der Waals surface area contributed by atoms with Gasteiger partial charge in [0.1, 0.15) is 0 Å². The molecular formula is C10H11F2N3. The molecule has 0 fully saturated rings. The van der Waals surface area contributed by atoms with E-state index in [0.29, 0.717) is 11.3 Å². The number of rotatable bonds is 4. The highest BCUT2D eigenvalue weighted by atomic mass is 19.3. The molecule has 3 N–H and O–H groups in total. The van der Waals surface area contributed by atoms with Crippen molar-refractivity contribution in [3.05, 3.63) is 29.8 Å². The van der Waals surface area contributed by atoms with Crippen molar-refractivity contribution < 1.29 is 8.78 Å². The van der Waals surface area contributed by atoms with E-state index in [-0.39, 0.29) is 0 Å². The Bertz CT molecular complexity index is 371. The molecule has 0 atom stereocenters. The number of nitrogens with two attached hydrogens (primary N) is 1. The molecule has 1 rings (SSSR count). The van der Waals surface area contributed by atoms with Gasteiger partial charge in [0, 0.05) is 5.69 Å². The second-order valence-corrected chi connectivity index (χ2v) is 3.11. The van der Waals surface area contributed by atoms with Crippen LogP contribution in [0.2, 0.25) is 0 Å². The van der Waals surface area contributed by atoms with Gasteiger partial charge in [0.25, 0.3) is 5.92 Å². The third-order valence-corrected chi connectivity index (χ3v) is 1.84. The zero-order valence-corrected chi connectivity index (χ0v) is 8.00. The number of nitrogens with zero attached hydrogens (tertiary/aromatic N) is 1. The molecule has 0 aromatic heterocycles. The van der Waals surface area contributed by atoms with E-state index >= 15 is 0 Å². The molecule has 1 aromatic carbocycles. The molecule has 0 aliphatic carbocycles. The van der Waals surface area contributed by atoms with Gasteiger partial charge in [0.15, 0.2) is 0 Å². The Hall–Kier alpha value is -1.67. The third-order valence-electron chi connectivity index (χ3n) is 1.84. The van der Waals surface area contributed by atoms with Crippen molar-refractivity contribution in [3.63, 3.8) is 0 Å². The minimum atomic E-state index is -2.93. The molecule has 0 unspecified atom stereocenters. The van der Waals surface area contributed by atoms with E-state index in [1.165, 1.54) is 6.07 Å². The number of hydrogen-bond donors (Lipinski definition) is 2. The Labute approximate surface area is 86.5 Å². The summed E-state index contributed by atoms with van der Waals surface area (Å²) in [6, 6.07) is 8.28. The SMILES string of the molecule is N#Cc1cccc(NCC(F)(F)CN)c1. The van der Waals surface area contributed by atoms with Crippen molar-refractivity contribution in [2.45, 2.75) is 5.92 Å². The maximum atomic E-state index is 12.8. The highest BCUT2D eigenvalue weighted by molar-refractivity contribution is 5.49. The Balaban J connectivity index is 2.62. The Morgan fingerprint density at radius 3 is 2.80 bits per heavy atom. The predicted molar refractivity (Wildman–Crippen MR) is 53.6 cm³/mol. The molecule has 0 radical (unpaired) electrons. The van der Waals surface area contributed by atoms with Gasteiger partial charge in [0.05, 0.1) is 24.7 Å². The first-order chi connectivity index (χ1) is 7.07. The Kier molecular flexibility index (Phi) is 3.58. The van der Waals surface area contributed by atoms with Crippen LogP contribution in [0.15, 0.2) is 24.3 Å². The molecule has 0 aliphatic heterocycles. The van der Waals surface area contributed by atoms with E-state index in [9.17, 15) is 8.78 Å². The lowest BCUT2D eigenvalue weighted by atomic mass is 10.2. The fraction of sp³-hybridized carbons (Fsp3) is 0.300. The number of halogens is 2. The first-order valence-electron chi connectivity index (χ1n) is 4.39. The Morgan fingerprint density at radius 1 is 1.47 bits per heavy atom. The van der Waals surface area contributed by atoms with E-state index in [1.807, 2.05) is 6.07 Å². The summed E-state index contributed by atoms with van der Waals surface area (Å²) in [7, 11) is 0. The summed E-state index contributed by atoms with van der Waals surface area (Å²) in [4.78, 5) is 0. The van der Waals surface area contributed by atoms with Crippen LogP contribution in [0.5, 0.6) is 0 Å². The van der Waals surface area contributed by atoms with Gasteiger partial charge in [-0.3, -0.25) is 0 Å². The average molecular weight is 211 g/mol. The summed E-state index contributed by atoms with van der Waals surface area (Å²) in [5.74, 6) is -2.93. The molecule has 80 valence electrons. The molecule has 0 amide bonds. The van der Waals surface area contributed by atoms with Gasteiger partial charge in [0.2, 0.25) is 0 Å². The lowest BCUT2D eigenvalue weighted by molar-refractivity contribution is 0.0254. The zero-order valence-electron chi connectivity index (χ0n) is 8.00. The van der Waals surface area contributed by atoms with Gasteiger partial charge >= 0.3 is 0 Å². The molecule has 1 aromatic rings. The lowest BCUT2D eigenvalue weighted by Crippen LogP contribution is -2.35. The standard InChI is InChI=1S/C10H11F2N3/c11-10(12,6-14)7-15-9-3-1-2-8(4-9)5-13/h1-4,15H,6-7,14H2. The van der Waals surface area contributed by atoms with Gasteiger partial charge in [-0.15, -0.1) is 0 Å². The largest absolute Gasteiger partial charge is 0.379 e. The van der Waals surface area contributed by atoms with Crippen molar-refractivity contribution in [1.82, 2.24) is 0 Å². The van der Waals surface area contributed by atoms with Crippen molar-refractivity contribution in [3.8, 4) is 6.07 Å². The summed E-state index contributed by atoms with van der Waals surface area (Å²) < 4.78 is 25.5. The third kappa shape index (κ3) is 3.52. The summed E-state index contributed by atoms with van der Waals surface area (Å²) >= 11 is 0. The summed E-state index contributed by atoms with van der Waals surface area (Å²) in [6.07, 6.45) is 0. The molecule has 0 bridgehead atoms. The highest BCUT2D eigenvalue weighted by Crippen LogP contribution is 2.14. The number of nitriles is 1. The van der Waals surface area contributed by atoms with Crippen LogP contribution in [-0.4, -0.2) is 19.0 Å². The van der Waals surface area contributed by atoms with Crippen molar-refractivity contribution >= 4 is 5.69 Å². The number of nitrogens with one attached hydrogen (secondary N) is 1. The van der Waals surface area contributed by atoms with Crippen LogP contribution < -0.4 is 11.1 Å². The van der Waals surface area contributed by atoms with Gasteiger partial charge < -0.3 is 11.1 Å². The minimum Gasteiger partial charge on any atom is -0.379 e. The van der Waals surface area contributed by atoms with Crippen molar-refractivity contribution in [2.24, 2.45) is 5.73 Å². The van der Waals surface area contributed by atoms with Crippen LogP contribution in [0.1, 0.15) is 5.56 Å². The van der Waals surface area contributed by atoms with Crippen LogP contribution >= 0.6 is 0 Å². The van der Waals surface area contributed by atoms with Gasteiger partial charge in [-0.1, -0.05) is 6.07 Å². The second kappa shape index (κ2) is 4.71. The second-order valence-electron chi connectivity index (χ2n) is 3.11. The van der Waals surface area contributed by atoms with Gasteiger partial charge in [-0.2, -0.15) is 5.26 Å². The molecule has 3 nitrogen and oxygen atoms in total. The maximum absolute atomic E-state index is 12.8. The summed E-state index contributed by atoms with van der Waals surface area (Å²) in [5.41, 5.74) is 5.80. The fourth-order valence-corrected chi connectivity index (χ4v) is 1.00. The van der Waals surface area contributed by atoms with E-state index in [2.05, 4.69) is 5.32 Å². The fourth-order valence-electron chi connectivity index (χ4n) is 1.00. The molecule has 0 saturated carbocycles. The molecular weight excluding hydrogens is 200 g/mol. The first-order valence-corrected chi connectivity index (χ1v) is 4.39. The van der Waals surface area contributed by atoms with Crippen molar-refractivity contribution in [1.29, 1.82) is 5.26 Å². The minimum absolute atomic E-state index is 0.427. The number of anilines is 1. The zero-order chi connectivity index (χ0) is 11.3. The average Bonchev–Trinajstić information content (AvgIpc) is 2.27. The highest BCUT2D eigenvalue weighted by Gasteiger charge is 2.25. The van der Waals surface area contributed by atoms with E-state index < -0.39 is 19.0 Å². The van der Waals surface area contributed by atoms with Crippen LogP contribution in [0.4, 0.5) is 14.5 Å². The molecule has 5 heteroatoms. The molecule has 0 heterocycles. The number of benzene rings is 1. The summed E-state index contributed by atoms with van der Waals surface area (Å²) in [6.45, 7) is -1.23. The maximum Gasteiger partial charge on any atom is 0.276 e. The van der Waals surface area contributed by atoms with Crippen molar-refractivity contribution in [2.75, 3.05) is 18.4 Å². The van der Waals surface area contributed by atoms with Crippen LogP contribution in [-0.2, 0) is 0 Å². The topological polar surface area (TPSA) is 61.8 Å².